The van der Waals surface area contributed by atoms with Gasteiger partial charge < -0.3 is 19.7 Å². The van der Waals surface area contributed by atoms with Gasteiger partial charge in [-0.25, -0.2) is 4.79 Å². The van der Waals surface area contributed by atoms with Crippen LogP contribution in [0.4, 0.5) is 0 Å². The molecule has 1 heterocycles. The van der Waals surface area contributed by atoms with Crippen molar-refractivity contribution >= 4 is 17.8 Å². The fraction of sp³-hybridized carbons (Fsp3) is 0.368. The van der Waals surface area contributed by atoms with Gasteiger partial charge in [0.25, 0.3) is 0 Å². The van der Waals surface area contributed by atoms with Crippen LogP contribution < -0.4 is 5.32 Å². The molecule has 0 saturated carbocycles. The summed E-state index contributed by atoms with van der Waals surface area (Å²) in [4.78, 5) is 37.4. The van der Waals surface area contributed by atoms with Crippen molar-refractivity contribution < 1.29 is 23.9 Å². The smallest absolute Gasteiger partial charge is 0.350 e. The van der Waals surface area contributed by atoms with Crippen LogP contribution in [0.3, 0.4) is 0 Å². The predicted molar refractivity (Wildman–Crippen MR) is 94.9 cm³/mol. The number of hydrogen-bond acceptors (Lipinski definition) is 7. The zero-order valence-corrected chi connectivity index (χ0v) is 15.0. The van der Waals surface area contributed by atoms with Crippen molar-refractivity contribution in [2.45, 2.75) is 18.9 Å². The maximum absolute atomic E-state index is 12.2. The van der Waals surface area contributed by atoms with Crippen molar-refractivity contribution in [3.05, 3.63) is 47.7 Å². The number of ether oxygens (including phenoxy) is 2. The van der Waals surface area contributed by atoms with E-state index < -0.39 is 18.0 Å². The highest BCUT2D eigenvalue weighted by atomic mass is 16.5. The Morgan fingerprint density at radius 3 is 2.78 bits per heavy atom. The van der Waals surface area contributed by atoms with Crippen LogP contribution in [0.25, 0.3) is 0 Å². The van der Waals surface area contributed by atoms with Gasteiger partial charge in [0.15, 0.2) is 5.57 Å². The quantitative estimate of drug-likeness (QED) is 0.423. The molecule has 0 bridgehead atoms. The fourth-order valence-corrected chi connectivity index (χ4v) is 2.64. The van der Waals surface area contributed by atoms with Crippen molar-refractivity contribution in [1.29, 1.82) is 5.26 Å². The van der Waals surface area contributed by atoms with E-state index in [1.54, 1.807) is 6.07 Å². The predicted octanol–water partition coefficient (Wildman–Crippen LogP) is 0.543. The highest BCUT2D eigenvalue weighted by Crippen LogP contribution is 2.13. The number of amides is 1. The lowest BCUT2D eigenvalue weighted by Crippen LogP contribution is -2.54. The minimum atomic E-state index is -0.851. The second-order valence-corrected chi connectivity index (χ2v) is 5.85. The summed E-state index contributed by atoms with van der Waals surface area (Å²) in [5.41, 5.74) is 0.802. The topological polar surface area (TPSA) is 109 Å². The summed E-state index contributed by atoms with van der Waals surface area (Å²) in [6.07, 6.45) is 1.65. The lowest BCUT2D eigenvalue weighted by atomic mass is 10.1. The first-order valence-electron chi connectivity index (χ1n) is 8.48. The number of benzene rings is 1. The Kier molecular flexibility index (Phi) is 7.37. The van der Waals surface area contributed by atoms with Gasteiger partial charge in [-0.2, -0.15) is 5.26 Å². The molecule has 0 aliphatic carbocycles. The molecule has 1 aromatic rings. The van der Waals surface area contributed by atoms with E-state index >= 15 is 0 Å². The standard InChI is InChI=1S/C19H21N3O5/c1-26-19(25)15(12-20)13-22-9-8-21-18(24)16(22)11-17(23)27-10-7-14-5-3-2-4-6-14/h2-6,13,16H,7-11H2,1H3,(H,21,24)/b15-13+. The summed E-state index contributed by atoms with van der Waals surface area (Å²) in [6.45, 7) is 0.906. The van der Waals surface area contributed by atoms with Crippen molar-refractivity contribution in [1.82, 2.24) is 10.2 Å². The molecule has 1 aromatic carbocycles. The molecule has 8 nitrogen and oxygen atoms in total. The summed E-state index contributed by atoms with van der Waals surface area (Å²) < 4.78 is 9.76. The number of nitriles is 1. The molecule has 0 aromatic heterocycles. The van der Waals surface area contributed by atoms with E-state index in [0.29, 0.717) is 19.5 Å². The van der Waals surface area contributed by atoms with Crippen LogP contribution in [0.1, 0.15) is 12.0 Å². The number of esters is 2. The highest BCUT2D eigenvalue weighted by molar-refractivity contribution is 5.93. The highest BCUT2D eigenvalue weighted by Gasteiger charge is 2.31. The third-order valence-corrected chi connectivity index (χ3v) is 4.05. The van der Waals surface area contributed by atoms with Gasteiger partial charge in [0, 0.05) is 25.7 Å². The van der Waals surface area contributed by atoms with Crippen molar-refractivity contribution in [2.75, 3.05) is 26.8 Å². The zero-order valence-electron chi connectivity index (χ0n) is 15.0. The number of rotatable bonds is 7. The lowest BCUT2D eigenvalue weighted by Gasteiger charge is -2.33. The van der Waals surface area contributed by atoms with E-state index in [1.807, 2.05) is 30.3 Å². The molecular weight excluding hydrogens is 350 g/mol. The molecule has 1 amide bonds. The number of nitrogens with one attached hydrogen (secondary N) is 1. The summed E-state index contributed by atoms with van der Waals surface area (Å²) in [6, 6.07) is 10.5. The molecule has 1 unspecified atom stereocenters. The second kappa shape index (κ2) is 9.97. The Morgan fingerprint density at radius 1 is 1.37 bits per heavy atom. The van der Waals surface area contributed by atoms with Crippen molar-refractivity contribution in [3.8, 4) is 6.07 Å². The van der Waals surface area contributed by atoms with E-state index in [1.165, 1.54) is 11.1 Å². The SMILES string of the molecule is COC(=O)/C(C#N)=C/N1CCNC(=O)C1CC(=O)OCCc1ccccc1. The average Bonchev–Trinajstić information content (AvgIpc) is 2.68. The number of nitrogens with zero attached hydrogens (tertiary/aromatic N) is 2. The minimum Gasteiger partial charge on any atom is -0.465 e. The Bertz CT molecular complexity index is 754. The zero-order chi connectivity index (χ0) is 19.6. The molecule has 1 aliphatic heterocycles. The number of carbonyl (C=O) groups is 3. The molecule has 142 valence electrons. The maximum Gasteiger partial charge on any atom is 0.350 e. The van der Waals surface area contributed by atoms with E-state index in [0.717, 1.165) is 12.7 Å². The van der Waals surface area contributed by atoms with Crippen LogP contribution >= 0.6 is 0 Å². The van der Waals surface area contributed by atoms with Gasteiger partial charge in [-0.15, -0.1) is 0 Å². The largest absolute Gasteiger partial charge is 0.465 e. The molecule has 1 aliphatic rings. The first-order valence-corrected chi connectivity index (χ1v) is 8.48. The van der Waals surface area contributed by atoms with Gasteiger partial charge in [-0.1, -0.05) is 30.3 Å². The number of carbonyl (C=O) groups excluding carboxylic acids is 3. The monoisotopic (exact) mass is 371 g/mol. The molecule has 1 atom stereocenters. The average molecular weight is 371 g/mol. The van der Waals surface area contributed by atoms with Gasteiger partial charge >= 0.3 is 11.9 Å². The molecule has 1 fully saturated rings. The van der Waals surface area contributed by atoms with Gasteiger partial charge in [0.05, 0.1) is 20.1 Å². The Balaban J connectivity index is 1.96. The summed E-state index contributed by atoms with van der Waals surface area (Å²) in [5, 5.41) is 11.7. The molecule has 27 heavy (non-hydrogen) atoms. The number of hydrogen-bond donors (Lipinski definition) is 1. The van der Waals surface area contributed by atoms with E-state index in [-0.39, 0.29) is 24.5 Å². The second-order valence-electron chi connectivity index (χ2n) is 5.85. The van der Waals surface area contributed by atoms with Crippen LogP contribution in [0.5, 0.6) is 0 Å². The van der Waals surface area contributed by atoms with E-state index in [9.17, 15) is 14.4 Å². The molecule has 0 radical (unpaired) electrons. The molecule has 8 heteroatoms. The minimum absolute atomic E-state index is 0.184. The fourth-order valence-electron chi connectivity index (χ4n) is 2.64. The van der Waals surface area contributed by atoms with Gasteiger partial charge in [-0.05, 0) is 5.56 Å². The first kappa shape index (κ1) is 20.0. The molecule has 0 spiro atoms. The maximum atomic E-state index is 12.2. The third-order valence-electron chi connectivity index (χ3n) is 4.05. The van der Waals surface area contributed by atoms with Crippen LogP contribution in [0.15, 0.2) is 42.1 Å². The molecule has 1 saturated heterocycles. The van der Waals surface area contributed by atoms with Crippen molar-refractivity contribution in [3.63, 3.8) is 0 Å². The Morgan fingerprint density at radius 2 is 2.11 bits per heavy atom. The Labute approximate surface area is 157 Å². The van der Waals surface area contributed by atoms with Gasteiger partial charge in [-0.3, -0.25) is 9.59 Å². The number of methoxy groups -OCH3 is 1. The summed E-state index contributed by atoms with van der Waals surface area (Å²) in [7, 11) is 1.16. The molecular formula is C19H21N3O5. The van der Waals surface area contributed by atoms with Crippen LogP contribution in [0, 0.1) is 11.3 Å². The third kappa shape index (κ3) is 5.85. The van der Waals surface area contributed by atoms with Crippen LogP contribution in [-0.2, 0) is 30.3 Å². The van der Waals surface area contributed by atoms with Gasteiger partial charge in [0.2, 0.25) is 5.91 Å². The van der Waals surface area contributed by atoms with Crippen LogP contribution in [-0.4, -0.2) is 55.6 Å². The molecule has 1 N–H and O–H groups in total. The lowest BCUT2D eigenvalue weighted by molar-refractivity contribution is -0.147. The molecule has 2 rings (SSSR count). The first-order chi connectivity index (χ1) is 13.0. The van der Waals surface area contributed by atoms with Gasteiger partial charge in [0.1, 0.15) is 12.1 Å². The van der Waals surface area contributed by atoms with Crippen LogP contribution in [0.2, 0.25) is 0 Å². The summed E-state index contributed by atoms with van der Waals surface area (Å²) >= 11 is 0. The normalized spacial score (nSPS) is 16.9. The van der Waals surface area contributed by atoms with Crippen molar-refractivity contribution in [2.24, 2.45) is 0 Å². The Hall–Kier alpha value is -3.34. The number of piperazine rings is 1. The van der Waals surface area contributed by atoms with E-state index in [4.69, 9.17) is 10.00 Å². The van der Waals surface area contributed by atoms with E-state index in [2.05, 4.69) is 10.1 Å². The summed E-state index contributed by atoms with van der Waals surface area (Å²) in [5.74, 6) is -1.68.